The molecule has 0 saturated carbocycles. The zero-order valence-electron chi connectivity index (χ0n) is 10.9. The number of esters is 1. The highest BCUT2D eigenvalue weighted by atomic mass is 16.6. The van der Waals surface area contributed by atoms with E-state index in [1.54, 1.807) is 0 Å². The predicted molar refractivity (Wildman–Crippen MR) is 63.6 cm³/mol. The molecule has 0 aliphatic carbocycles. The second-order valence-electron chi connectivity index (χ2n) is 5.29. The third-order valence-corrected chi connectivity index (χ3v) is 2.43. The molecular weight excluding hydrogens is 222 g/mol. The molecule has 0 aromatic rings. The number of nitrogens with two attached hydrogens (primary N) is 1. The number of carbonyl (C=O) groups is 1. The number of carbonyl (C=O) groups excluding carboxylic acids is 1. The maximum atomic E-state index is 11.5. The monoisotopic (exact) mass is 245 g/mol. The highest BCUT2D eigenvalue weighted by molar-refractivity contribution is 5.75. The molecule has 0 amide bonds. The zero-order chi connectivity index (χ0) is 12.9. The van der Waals surface area contributed by atoms with Gasteiger partial charge < -0.3 is 19.9 Å². The summed E-state index contributed by atoms with van der Waals surface area (Å²) < 4.78 is 15.9. The topological polar surface area (TPSA) is 70.8 Å². The van der Waals surface area contributed by atoms with Gasteiger partial charge in [-0.05, 0) is 33.6 Å². The summed E-state index contributed by atoms with van der Waals surface area (Å²) in [5.41, 5.74) is 5.37. The van der Waals surface area contributed by atoms with Gasteiger partial charge in [-0.2, -0.15) is 0 Å². The Bertz CT molecular complexity index is 243. The second kappa shape index (κ2) is 6.33. The predicted octanol–water partition coefficient (Wildman–Crippen LogP) is 0.851. The SMILES string of the molecule is CC(C)(C)OC[C@H](N)C(=O)OCC1CCCO1. The largest absolute Gasteiger partial charge is 0.462 e. The molecule has 1 heterocycles. The minimum atomic E-state index is -0.726. The van der Waals surface area contributed by atoms with Gasteiger partial charge >= 0.3 is 5.97 Å². The molecule has 100 valence electrons. The van der Waals surface area contributed by atoms with E-state index in [1.807, 2.05) is 20.8 Å². The third-order valence-electron chi connectivity index (χ3n) is 2.43. The van der Waals surface area contributed by atoms with Gasteiger partial charge in [0.15, 0.2) is 0 Å². The van der Waals surface area contributed by atoms with Crippen LogP contribution >= 0.6 is 0 Å². The van der Waals surface area contributed by atoms with Crippen molar-refractivity contribution < 1.29 is 19.0 Å². The lowest BCUT2D eigenvalue weighted by Crippen LogP contribution is -2.40. The first-order valence-electron chi connectivity index (χ1n) is 6.06. The quantitative estimate of drug-likeness (QED) is 0.727. The van der Waals surface area contributed by atoms with E-state index in [0.717, 1.165) is 19.4 Å². The summed E-state index contributed by atoms with van der Waals surface area (Å²) in [6, 6.07) is -0.726. The molecule has 0 aromatic carbocycles. The van der Waals surface area contributed by atoms with E-state index in [-0.39, 0.29) is 18.3 Å². The van der Waals surface area contributed by atoms with Crippen LogP contribution in [0.3, 0.4) is 0 Å². The molecule has 1 aliphatic rings. The van der Waals surface area contributed by atoms with Crippen LogP contribution in [0.5, 0.6) is 0 Å². The van der Waals surface area contributed by atoms with E-state index in [2.05, 4.69) is 0 Å². The molecule has 1 saturated heterocycles. The zero-order valence-corrected chi connectivity index (χ0v) is 10.9. The molecule has 1 unspecified atom stereocenters. The van der Waals surface area contributed by atoms with E-state index in [9.17, 15) is 4.79 Å². The minimum Gasteiger partial charge on any atom is -0.462 e. The minimum absolute atomic E-state index is 0.0367. The van der Waals surface area contributed by atoms with Crippen molar-refractivity contribution in [3.05, 3.63) is 0 Å². The molecule has 0 spiro atoms. The summed E-state index contributed by atoms with van der Waals surface area (Å²) in [4.78, 5) is 11.5. The van der Waals surface area contributed by atoms with Gasteiger partial charge in [-0.1, -0.05) is 0 Å². The Labute approximate surface area is 103 Å². The number of ether oxygens (including phenoxy) is 3. The molecule has 0 aromatic heterocycles. The Morgan fingerprint density at radius 2 is 2.24 bits per heavy atom. The van der Waals surface area contributed by atoms with Gasteiger partial charge in [0.25, 0.3) is 0 Å². The maximum absolute atomic E-state index is 11.5. The van der Waals surface area contributed by atoms with Gasteiger partial charge in [0.1, 0.15) is 12.6 Å². The number of hydrogen-bond donors (Lipinski definition) is 1. The average molecular weight is 245 g/mol. The van der Waals surface area contributed by atoms with Crippen LogP contribution in [0.25, 0.3) is 0 Å². The molecule has 2 atom stereocenters. The van der Waals surface area contributed by atoms with E-state index < -0.39 is 12.0 Å². The van der Waals surface area contributed by atoms with E-state index in [4.69, 9.17) is 19.9 Å². The lowest BCUT2D eigenvalue weighted by molar-refractivity contribution is -0.151. The summed E-state index contributed by atoms with van der Waals surface area (Å²) in [7, 11) is 0. The van der Waals surface area contributed by atoms with Crippen molar-refractivity contribution >= 4 is 5.97 Å². The highest BCUT2D eigenvalue weighted by Crippen LogP contribution is 2.12. The normalized spacial score (nSPS) is 22.5. The molecule has 0 bridgehead atoms. The molecule has 17 heavy (non-hydrogen) atoms. The Hall–Kier alpha value is -0.650. The molecule has 2 N–H and O–H groups in total. The fourth-order valence-corrected chi connectivity index (χ4v) is 1.47. The summed E-state index contributed by atoms with van der Waals surface area (Å²) in [6.45, 7) is 6.96. The third kappa shape index (κ3) is 6.00. The van der Waals surface area contributed by atoms with E-state index in [0.29, 0.717) is 6.61 Å². The van der Waals surface area contributed by atoms with Crippen LogP contribution in [0.15, 0.2) is 0 Å². The van der Waals surface area contributed by atoms with Crippen molar-refractivity contribution in [2.24, 2.45) is 5.73 Å². The fraction of sp³-hybridized carbons (Fsp3) is 0.917. The van der Waals surface area contributed by atoms with E-state index in [1.165, 1.54) is 0 Å². The first kappa shape index (κ1) is 14.4. The number of rotatable bonds is 5. The first-order chi connectivity index (χ1) is 7.88. The van der Waals surface area contributed by atoms with Gasteiger partial charge in [0, 0.05) is 6.61 Å². The van der Waals surface area contributed by atoms with Crippen molar-refractivity contribution in [1.82, 2.24) is 0 Å². The van der Waals surface area contributed by atoms with Crippen molar-refractivity contribution in [2.45, 2.75) is 51.4 Å². The fourth-order valence-electron chi connectivity index (χ4n) is 1.47. The lowest BCUT2D eigenvalue weighted by atomic mass is 10.2. The van der Waals surface area contributed by atoms with Crippen LogP contribution in [0, 0.1) is 0 Å². The number of hydrogen-bond acceptors (Lipinski definition) is 5. The summed E-state index contributed by atoms with van der Waals surface area (Å²) in [5.74, 6) is -0.426. The van der Waals surface area contributed by atoms with Crippen molar-refractivity contribution in [2.75, 3.05) is 19.8 Å². The van der Waals surface area contributed by atoms with Gasteiger partial charge in [-0.15, -0.1) is 0 Å². The average Bonchev–Trinajstić information content (AvgIpc) is 2.74. The Balaban J connectivity index is 2.17. The molecule has 5 heteroatoms. The molecular formula is C12H23NO4. The van der Waals surface area contributed by atoms with Gasteiger partial charge in [0.05, 0.1) is 18.3 Å². The lowest BCUT2D eigenvalue weighted by Gasteiger charge is -2.22. The van der Waals surface area contributed by atoms with Crippen LogP contribution in [0.1, 0.15) is 33.6 Å². The smallest absolute Gasteiger partial charge is 0.325 e. The van der Waals surface area contributed by atoms with E-state index >= 15 is 0 Å². The summed E-state index contributed by atoms with van der Waals surface area (Å²) in [6.07, 6.45) is 2.01. The molecule has 1 aliphatic heterocycles. The molecule has 0 radical (unpaired) electrons. The van der Waals surface area contributed by atoms with Gasteiger partial charge in [-0.3, -0.25) is 4.79 Å². The van der Waals surface area contributed by atoms with Crippen LogP contribution in [-0.2, 0) is 19.0 Å². The van der Waals surface area contributed by atoms with Crippen LogP contribution in [-0.4, -0.2) is 43.5 Å². The Kier molecular flexibility index (Phi) is 5.36. The van der Waals surface area contributed by atoms with Crippen LogP contribution in [0.2, 0.25) is 0 Å². The van der Waals surface area contributed by atoms with Crippen LogP contribution in [0.4, 0.5) is 0 Å². The second-order valence-corrected chi connectivity index (χ2v) is 5.29. The van der Waals surface area contributed by atoms with Gasteiger partial charge in [-0.25, -0.2) is 0 Å². The molecule has 1 fully saturated rings. The standard InChI is InChI=1S/C12H23NO4/c1-12(2,3)17-8-10(13)11(14)16-7-9-5-4-6-15-9/h9-10H,4-8,13H2,1-3H3/t9?,10-/m0/s1. The molecule has 5 nitrogen and oxygen atoms in total. The first-order valence-corrected chi connectivity index (χ1v) is 6.06. The molecule has 1 rings (SSSR count). The maximum Gasteiger partial charge on any atom is 0.325 e. The Morgan fingerprint density at radius 3 is 2.76 bits per heavy atom. The Morgan fingerprint density at radius 1 is 1.53 bits per heavy atom. The van der Waals surface area contributed by atoms with Crippen LogP contribution < -0.4 is 5.73 Å². The van der Waals surface area contributed by atoms with Crippen molar-refractivity contribution in [3.8, 4) is 0 Å². The summed E-state index contributed by atoms with van der Waals surface area (Å²) >= 11 is 0. The van der Waals surface area contributed by atoms with Crippen molar-refractivity contribution in [3.63, 3.8) is 0 Å². The van der Waals surface area contributed by atoms with Gasteiger partial charge in [0.2, 0.25) is 0 Å². The van der Waals surface area contributed by atoms with Crippen molar-refractivity contribution in [1.29, 1.82) is 0 Å². The highest BCUT2D eigenvalue weighted by Gasteiger charge is 2.22. The summed E-state index contributed by atoms with van der Waals surface area (Å²) in [5, 5.41) is 0.